The average Bonchev–Trinajstić information content (AvgIpc) is 3.11. The molecule has 24 heavy (non-hydrogen) atoms. The highest BCUT2D eigenvalue weighted by Crippen LogP contribution is 2.48. The normalized spacial score (nSPS) is 25.5. The Hall–Kier alpha value is -2.11. The predicted molar refractivity (Wildman–Crippen MR) is 89.7 cm³/mol. The summed E-state index contributed by atoms with van der Waals surface area (Å²) in [5.74, 6) is -0.636. The molecule has 2 amide bonds. The first-order valence-corrected chi connectivity index (χ1v) is 8.69. The van der Waals surface area contributed by atoms with Crippen molar-refractivity contribution in [2.45, 2.75) is 39.0 Å². The zero-order valence-corrected chi connectivity index (χ0v) is 14.1. The van der Waals surface area contributed by atoms with Gasteiger partial charge in [0.25, 0.3) is 0 Å². The summed E-state index contributed by atoms with van der Waals surface area (Å²) in [7, 11) is 0. The van der Waals surface area contributed by atoms with Gasteiger partial charge in [0.1, 0.15) is 0 Å². The molecule has 1 saturated carbocycles. The summed E-state index contributed by atoms with van der Waals surface area (Å²) in [6.07, 6.45) is 6.00. The van der Waals surface area contributed by atoms with Crippen LogP contribution in [0.5, 0.6) is 0 Å². The number of rotatable bonds is 5. The Kier molecular flexibility index (Phi) is 4.73. The molecule has 2 atom stereocenters. The van der Waals surface area contributed by atoms with Crippen LogP contribution >= 0.6 is 0 Å². The van der Waals surface area contributed by atoms with Crippen LogP contribution in [-0.2, 0) is 11.2 Å². The van der Waals surface area contributed by atoms with Crippen LogP contribution in [0.1, 0.15) is 36.9 Å². The number of carbonyl (C=O) groups is 2. The third-order valence-electron chi connectivity index (χ3n) is 5.57. The highest BCUT2D eigenvalue weighted by Gasteiger charge is 2.55. The number of hydrogen-bond acceptors (Lipinski definition) is 3. The van der Waals surface area contributed by atoms with Crippen molar-refractivity contribution >= 4 is 12.0 Å². The summed E-state index contributed by atoms with van der Waals surface area (Å²) in [6.45, 7) is 3.53. The molecule has 130 valence electrons. The van der Waals surface area contributed by atoms with Gasteiger partial charge in [0.2, 0.25) is 0 Å². The molecule has 1 aliphatic heterocycles. The zero-order chi connectivity index (χ0) is 17.2. The van der Waals surface area contributed by atoms with Crippen LogP contribution in [-0.4, -0.2) is 46.6 Å². The molecule has 1 aromatic heterocycles. The van der Waals surface area contributed by atoms with Gasteiger partial charge in [-0.2, -0.15) is 0 Å². The van der Waals surface area contributed by atoms with Crippen LogP contribution in [0, 0.1) is 18.3 Å². The fourth-order valence-corrected chi connectivity index (χ4v) is 4.14. The second-order valence-corrected chi connectivity index (χ2v) is 7.03. The van der Waals surface area contributed by atoms with Gasteiger partial charge in [-0.25, -0.2) is 4.79 Å². The van der Waals surface area contributed by atoms with Crippen LogP contribution in [0.3, 0.4) is 0 Å². The van der Waals surface area contributed by atoms with Crippen molar-refractivity contribution in [3.8, 4) is 0 Å². The summed E-state index contributed by atoms with van der Waals surface area (Å²) in [6, 6.07) is 3.82. The molecule has 0 bridgehead atoms. The van der Waals surface area contributed by atoms with E-state index in [2.05, 4.69) is 10.3 Å². The number of fused-ring (bicyclic) bond motifs is 1. The number of nitrogens with one attached hydrogen (secondary N) is 1. The average molecular weight is 331 g/mol. The lowest BCUT2D eigenvalue weighted by atomic mass is 9.81. The van der Waals surface area contributed by atoms with Gasteiger partial charge >= 0.3 is 12.0 Å². The minimum absolute atomic E-state index is 0.108. The smallest absolute Gasteiger partial charge is 0.317 e. The van der Waals surface area contributed by atoms with Crippen LogP contribution in [0.2, 0.25) is 0 Å². The molecule has 2 aliphatic rings. The number of hydrogen-bond donors (Lipinski definition) is 2. The topological polar surface area (TPSA) is 82.5 Å². The molecular formula is C18H25N3O3. The van der Waals surface area contributed by atoms with Gasteiger partial charge in [-0.05, 0) is 50.2 Å². The maximum Gasteiger partial charge on any atom is 0.317 e. The molecule has 1 aliphatic carbocycles. The van der Waals surface area contributed by atoms with E-state index in [1.807, 2.05) is 19.1 Å². The first-order chi connectivity index (χ1) is 11.5. The van der Waals surface area contributed by atoms with Gasteiger partial charge in [0.15, 0.2) is 0 Å². The van der Waals surface area contributed by atoms with Crippen LogP contribution in [0.4, 0.5) is 4.79 Å². The van der Waals surface area contributed by atoms with Crippen molar-refractivity contribution in [3.63, 3.8) is 0 Å². The molecule has 2 fully saturated rings. The molecule has 1 aromatic rings. The molecule has 6 nitrogen and oxygen atoms in total. The van der Waals surface area contributed by atoms with Gasteiger partial charge in [-0.3, -0.25) is 9.78 Å². The minimum Gasteiger partial charge on any atom is -0.481 e. The van der Waals surface area contributed by atoms with Crippen LogP contribution in [0.25, 0.3) is 0 Å². The summed E-state index contributed by atoms with van der Waals surface area (Å²) in [5.41, 5.74) is 1.52. The Balaban J connectivity index is 1.47. The summed E-state index contributed by atoms with van der Waals surface area (Å²) in [4.78, 5) is 30.0. The number of amides is 2. The maximum atomic E-state index is 12.3. The Bertz CT molecular complexity index is 634. The van der Waals surface area contributed by atoms with Crippen LogP contribution in [0.15, 0.2) is 18.3 Å². The lowest BCUT2D eigenvalue weighted by Crippen LogP contribution is -2.42. The van der Waals surface area contributed by atoms with Gasteiger partial charge in [-0.1, -0.05) is 12.5 Å². The Labute approximate surface area is 142 Å². The van der Waals surface area contributed by atoms with E-state index in [-0.39, 0.29) is 11.9 Å². The molecule has 0 unspecified atom stereocenters. The van der Waals surface area contributed by atoms with E-state index in [9.17, 15) is 14.7 Å². The van der Waals surface area contributed by atoms with E-state index in [1.165, 1.54) is 5.56 Å². The largest absolute Gasteiger partial charge is 0.481 e. The molecule has 0 radical (unpaired) electrons. The third kappa shape index (κ3) is 3.09. The van der Waals surface area contributed by atoms with E-state index in [4.69, 9.17) is 0 Å². The summed E-state index contributed by atoms with van der Waals surface area (Å²) >= 11 is 0. The number of aliphatic carboxylic acids is 1. The first-order valence-electron chi connectivity index (χ1n) is 8.69. The Morgan fingerprint density at radius 2 is 2.33 bits per heavy atom. The number of aromatic nitrogens is 1. The predicted octanol–water partition coefficient (Wildman–Crippen LogP) is 2.22. The SMILES string of the molecule is Cc1cccnc1CCCNC(=O)N1C[C@@H]2CCC[C@@]2(C(=O)O)C1. The van der Waals surface area contributed by atoms with Crippen molar-refractivity contribution < 1.29 is 14.7 Å². The fourth-order valence-electron chi connectivity index (χ4n) is 4.14. The lowest BCUT2D eigenvalue weighted by Gasteiger charge is -2.23. The van der Waals surface area contributed by atoms with E-state index >= 15 is 0 Å². The molecular weight excluding hydrogens is 306 g/mol. The summed E-state index contributed by atoms with van der Waals surface area (Å²) < 4.78 is 0. The monoisotopic (exact) mass is 331 g/mol. The number of carbonyl (C=O) groups excluding carboxylic acids is 1. The molecule has 0 spiro atoms. The van der Waals surface area contributed by atoms with Gasteiger partial charge in [0.05, 0.1) is 5.41 Å². The van der Waals surface area contributed by atoms with Crippen molar-refractivity contribution in [1.29, 1.82) is 0 Å². The number of urea groups is 1. The van der Waals surface area contributed by atoms with E-state index < -0.39 is 11.4 Å². The van der Waals surface area contributed by atoms with Crippen molar-refractivity contribution in [3.05, 3.63) is 29.6 Å². The molecule has 2 heterocycles. The summed E-state index contributed by atoms with van der Waals surface area (Å²) in [5, 5.41) is 12.5. The number of carboxylic acids is 1. The van der Waals surface area contributed by atoms with Gasteiger partial charge in [-0.15, -0.1) is 0 Å². The first kappa shape index (κ1) is 16.7. The highest BCUT2D eigenvalue weighted by atomic mass is 16.4. The number of carboxylic acid groups (broad SMARTS) is 1. The van der Waals surface area contributed by atoms with E-state index in [0.717, 1.165) is 31.4 Å². The number of pyridine rings is 1. The molecule has 0 aromatic carbocycles. The van der Waals surface area contributed by atoms with Crippen molar-refractivity contribution in [2.75, 3.05) is 19.6 Å². The highest BCUT2D eigenvalue weighted by molar-refractivity contribution is 5.80. The van der Waals surface area contributed by atoms with E-state index in [0.29, 0.717) is 26.1 Å². The molecule has 3 rings (SSSR count). The second-order valence-electron chi connectivity index (χ2n) is 7.03. The molecule has 1 saturated heterocycles. The maximum absolute atomic E-state index is 12.3. The molecule has 6 heteroatoms. The number of likely N-dealkylation sites (tertiary alicyclic amines) is 1. The lowest BCUT2D eigenvalue weighted by molar-refractivity contribution is -0.149. The quantitative estimate of drug-likeness (QED) is 0.811. The van der Waals surface area contributed by atoms with Crippen LogP contribution < -0.4 is 5.32 Å². The fraction of sp³-hybridized carbons (Fsp3) is 0.611. The number of nitrogens with zero attached hydrogens (tertiary/aromatic N) is 2. The number of aryl methyl sites for hydroxylation is 2. The third-order valence-corrected chi connectivity index (χ3v) is 5.57. The van der Waals surface area contributed by atoms with E-state index in [1.54, 1.807) is 11.1 Å². The van der Waals surface area contributed by atoms with Gasteiger partial charge in [0, 0.05) is 31.5 Å². The second kappa shape index (κ2) is 6.79. The van der Waals surface area contributed by atoms with Crippen molar-refractivity contribution in [2.24, 2.45) is 11.3 Å². The molecule has 2 N–H and O–H groups in total. The van der Waals surface area contributed by atoms with Crippen molar-refractivity contribution in [1.82, 2.24) is 15.2 Å². The Morgan fingerprint density at radius 3 is 3.04 bits per heavy atom. The Morgan fingerprint density at radius 1 is 1.50 bits per heavy atom. The minimum atomic E-state index is -0.745. The van der Waals surface area contributed by atoms with Gasteiger partial charge < -0.3 is 15.3 Å². The zero-order valence-electron chi connectivity index (χ0n) is 14.1. The standard InChI is InChI=1S/C18H25N3O3/c1-13-5-3-9-19-15(13)7-4-10-20-17(24)21-11-14-6-2-8-18(14,12-21)16(22)23/h3,5,9,14H,2,4,6-8,10-12H2,1H3,(H,20,24)(H,22,23)/t14-,18+/m0/s1.